The molecule has 1 unspecified atom stereocenters. The van der Waals surface area contributed by atoms with Gasteiger partial charge in [0.05, 0.1) is 33.1 Å². The van der Waals surface area contributed by atoms with Gasteiger partial charge >= 0.3 is 0 Å². The van der Waals surface area contributed by atoms with E-state index in [-0.39, 0.29) is 6.04 Å². The molecule has 2 rings (SSSR count). The van der Waals surface area contributed by atoms with Crippen LogP contribution in [0, 0.1) is 0 Å². The standard InChI is InChI=1S/C12H14BrClN4/c1-7(2)18-12(8(13)6-17-18)10(15)11-9(14)4-3-5-16-11/h3-7,10H,15H2,1-2H3. The predicted octanol–water partition coefficient (Wildman–Crippen LogP) is 3.32. The number of hydrogen-bond donors (Lipinski definition) is 1. The summed E-state index contributed by atoms with van der Waals surface area (Å²) in [7, 11) is 0. The molecule has 0 fully saturated rings. The largest absolute Gasteiger partial charge is 0.318 e. The average molecular weight is 330 g/mol. The first-order chi connectivity index (χ1) is 8.52. The Bertz CT molecular complexity index is 553. The smallest absolute Gasteiger partial charge is 0.0923 e. The maximum atomic E-state index is 6.26. The molecule has 0 aliphatic carbocycles. The normalized spacial score (nSPS) is 13.0. The van der Waals surface area contributed by atoms with Crippen LogP contribution in [0.3, 0.4) is 0 Å². The summed E-state index contributed by atoms with van der Waals surface area (Å²) >= 11 is 9.61. The fourth-order valence-corrected chi connectivity index (χ4v) is 2.57. The van der Waals surface area contributed by atoms with Crippen molar-refractivity contribution in [3.8, 4) is 0 Å². The number of pyridine rings is 1. The Morgan fingerprint density at radius 2 is 2.17 bits per heavy atom. The Balaban J connectivity index is 2.49. The van der Waals surface area contributed by atoms with Crippen molar-refractivity contribution in [2.45, 2.75) is 25.9 Å². The van der Waals surface area contributed by atoms with E-state index in [0.29, 0.717) is 10.7 Å². The molecule has 0 aliphatic rings. The van der Waals surface area contributed by atoms with Crippen molar-refractivity contribution in [3.05, 3.63) is 45.4 Å². The second-order valence-corrected chi connectivity index (χ2v) is 5.53. The van der Waals surface area contributed by atoms with Gasteiger partial charge in [0.2, 0.25) is 0 Å². The second kappa shape index (κ2) is 5.38. The average Bonchev–Trinajstić information content (AvgIpc) is 2.71. The van der Waals surface area contributed by atoms with Crippen LogP contribution in [0.25, 0.3) is 0 Å². The van der Waals surface area contributed by atoms with Crippen molar-refractivity contribution in [2.24, 2.45) is 5.73 Å². The Kier molecular flexibility index (Phi) is 4.04. The highest BCUT2D eigenvalue weighted by molar-refractivity contribution is 9.10. The number of hydrogen-bond acceptors (Lipinski definition) is 3. The van der Waals surface area contributed by atoms with E-state index in [9.17, 15) is 0 Å². The first-order valence-corrected chi connectivity index (χ1v) is 6.78. The molecule has 2 aromatic rings. The van der Waals surface area contributed by atoms with Crippen LogP contribution in [0.2, 0.25) is 5.02 Å². The van der Waals surface area contributed by atoms with Crippen LogP contribution >= 0.6 is 27.5 Å². The minimum Gasteiger partial charge on any atom is -0.318 e. The van der Waals surface area contributed by atoms with E-state index in [1.54, 1.807) is 24.5 Å². The maximum absolute atomic E-state index is 6.26. The van der Waals surface area contributed by atoms with Gasteiger partial charge in [-0.25, -0.2) is 0 Å². The molecular formula is C12H14BrClN4. The first-order valence-electron chi connectivity index (χ1n) is 5.61. The van der Waals surface area contributed by atoms with E-state index in [0.717, 1.165) is 10.2 Å². The monoisotopic (exact) mass is 328 g/mol. The van der Waals surface area contributed by atoms with E-state index in [2.05, 4.69) is 39.9 Å². The van der Waals surface area contributed by atoms with Gasteiger partial charge in [0, 0.05) is 12.2 Å². The molecule has 6 heteroatoms. The fraction of sp³-hybridized carbons (Fsp3) is 0.333. The zero-order valence-electron chi connectivity index (χ0n) is 10.1. The molecule has 0 saturated heterocycles. The lowest BCUT2D eigenvalue weighted by atomic mass is 10.1. The molecule has 0 saturated carbocycles. The van der Waals surface area contributed by atoms with E-state index >= 15 is 0 Å². The Labute approximate surface area is 119 Å². The molecule has 2 aromatic heterocycles. The second-order valence-electron chi connectivity index (χ2n) is 4.26. The molecule has 18 heavy (non-hydrogen) atoms. The quantitative estimate of drug-likeness (QED) is 0.939. The van der Waals surface area contributed by atoms with Gasteiger partial charge in [0.1, 0.15) is 0 Å². The maximum Gasteiger partial charge on any atom is 0.0923 e. The summed E-state index contributed by atoms with van der Waals surface area (Å²) in [5.41, 5.74) is 7.80. The SMILES string of the molecule is CC(C)n1ncc(Br)c1C(N)c1ncccc1Cl. The van der Waals surface area contributed by atoms with Crippen LogP contribution in [-0.2, 0) is 0 Å². The molecule has 0 aromatic carbocycles. The number of nitrogens with two attached hydrogens (primary N) is 1. The molecule has 4 nitrogen and oxygen atoms in total. The fourth-order valence-electron chi connectivity index (χ4n) is 1.81. The summed E-state index contributed by atoms with van der Waals surface area (Å²) < 4.78 is 2.74. The lowest BCUT2D eigenvalue weighted by Gasteiger charge is -2.17. The minimum atomic E-state index is -0.405. The van der Waals surface area contributed by atoms with Gasteiger partial charge in [-0.1, -0.05) is 11.6 Å². The van der Waals surface area contributed by atoms with E-state index in [1.807, 2.05) is 4.68 Å². The van der Waals surface area contributed by atoms with Crippen molar-refractivity contribution in [2.75, 3.05) is 0 Å². The summed E-state index contributed by atoms with van der Waals surface area (Å²) in [6.07, 6.45) is 3.43. The highest BCUT2D eigenvalue weighted by Gasteiger charge is 2.22. The van der Waals surface area contributed by atoms with Crippen molar-refractivity contribution in [3.63, 3.8) is 0 Å². The lowest BCUT2D eigenvalue weighted by molar-refractivity contribution is 0.497. The van der Waals surface area contributed by atoms with E-state index in [1.165, 1.54) is 0 Å². The third kappa shape index (κ3) is 2.43. The van der Waals surface area contributed by atoms with Gasteiger partial charge in [-0.05, 0) is 41.9 Å². The number of aromatic nitrogens is 3. The molecule has 1 atom stereocenters. The first kappa shape index (κ1) is 13.5. The van der Waals surface area contributed by atoms with Gasteiger partial charge in [0.25, 0.3) is 0 Å². The van der Waals surface area contributed by atoms with Crippen molar-refractivity contribution in [1.29, 1.82) is 0 Å². The van der Waals surface area contributed by atoms with Crippen LogP contribution in [0.4, 0.5) is 0 Å². The lowest BCUT2D eigenvalue weighted by Crippen LogP contribution is -2.20. The Morgan fingerprint density at radius 1 is 1.44 bits per heavy atom. The molecular weight excluding hydrogens is 316 g/mol. The highest BCUT2D eigenvalue weighted by atomic mass is 79.9. The summed E-state index contributed by atoms with van der Waals surface area (Å²) in [5.74, 6) is 0. The van der Waals surface area contributed by atoms with Gasteiger partial charge in [0.15, 0.2) is 0 Å². The Hall–Kier alpha value is -0.910. The van der Waals surface area contributed by atoms with Gasteiger partial charge in [-0.15, -0.1) is 0 Å². The summed E-state index contributed by atoms with van der Waals surface area (Å²) in [5, 5.41) is 4.87. The molecule has 0 radical (unpaired) electrons. The predicted molar refractivity (Wildman–Crippen MR) is 75.6 cm³/mol. The van der Waals surface area contributed by atoms with Gasteiger partial charge < -0.3 is 5.73 Å². The zero-order valence-corrected chi connectivity index (χ0v) is 12.5. The van der Waals surface area contributed by atoms with E-state index in [4.69, 9.17) is 17.3 Å². The molecule has 0 spiro atoms. The van der Waals surface area contributed by atoms with Crippen molar-refractivity contribution in [1.82, 2.24) is 14.8 Å². The highest BCUT2D eigenvalue weighted by Crippen LogP contribution is 2.30. The summed E-state index contributed by atoms with van der Waals surface area (Å²) in [4.78, 5) is 4.26. The van der Waals surface area contributed by atoms with Crippen molar-refractivity contribution < 1.29 is 0 Å². The van der Waals surface area contributed by atoms with Crippen LogP contribution in [0.1, 0.15) is 37.3 Å². The third-order valence-electron chi connectivity index (χ3n) is 2.65. The number of nitrogens with zero attached hydrogens (tertiary/aromatic N) is 3. The van der Waals surface area contributed by atoms with E-state index < -0.39 is 6.04 Å². The molecule has 0 amide bonds. The number of halogens is 2. The third-order valence-corrected chi connectivity index (χ3v) is 3.58. The Morgan fingerprint density at radius 3 is 2.78 bits per heavy atom. The zero-order chi connectivity index (χ0) is 13.3. The molecule has 96 valence electrons. The molecule has 2 heterocycles. The summed E-state index contributed by atoms with van der Waals surface area (Å²) in [6.45, 7) is 4.10. The minimum absolute atomic E-state index is 0.222. The van der Waals surface area contributed by atoms with Crippen LogP contribution in [0.15, 0.2) is 29.0 Å². The number of rotatable bonds is 3. The van der Waals surface area contributed by atoms with Crippen molar-refractivity contribution >= 4 is 27.5 Å². The topological polar surface area (TPSA) is 56.7 Å². The van der Waals surface area contributed by atoms with Crippen LogP contribution < -0.4 is 5.73 Å². The molecule has 2 N–H and O–H groups in total. The van der Waals surface area contributed by atoms with Gasteiger partial charge in [-0.3, -0.25) is 9.67 Å². The van der Waals surface area contributed by atoms with Crippen LogP contribution in [0.5, 0.6) is 0 Å². The van der Waals surface area contributed by atoms with Gasteiger partial charge in [-0.2, -0.15) is 5.10 Å². The van der Waals surface area contributed by atoms with Crippen LogP contribution in [-0.4, -0.2) is 14.8 Å². The summed E-state index contributed by atoms with van der Waals surface area (Å²) in [6, 6.07) is 3.39. The molecule has 0 bridgehead atoms. The molecule has 0 aliphatic heterocycles.